The van der Waals surface area contributed by atoms with Gasteiger partial charge in [-0.3, -0.25) is 4.79 Å². The summed E-state index contributed by atoms with van der Waals surface area (Å²) in [6.07, 6.45) is 5.09. The van der Waals surface area contributed by atoms with Gasteiger partial charge in [-0.2, -0.15) is 5.10 Å². The highest BCUT2D eigenvalue weighted by Crippen LogP contribution is 2.41. The Morgan fingerprint density at radius 1 is 1.44 bits per heavy atom. The van der Waals surface area contributed by atoms with Crippen LogP contribution in [0.1, 0.15) is 68.0 Å². The van der Waals surface area contributed by atoms with Crippen LogP contribution in [0.2, 0.25) is 0 Å². The Labute approximate surface area is 148 Å². The number of amides is 1. The Morgan fingerprint density at radius 3 is 2.80 bits per heavy atom. The lowest BCUT2D eigenvalue weighted by Crippen LogP contribution is -2.34. The van der Waals surface area contributed by atoms with E-state index in [1.165, 1.54) is 0 Å². The van der Waals surface area contributed by atoms with Gasteiger partial charge >= 0.3 is 0 Å². The first-order chi connectivity index (χ1) is 11.9. The molecule has 3 heterocycles. The number of carbonyl (C=O) groups is 1. The van der Waals surface area contributed by atoms with Crippen LogP contribution in [-0.4, -0.2) is 45.2 Å². The Kier molecular flexibility index (Phi) is 3.83. The van der Waals surface area contributed by atoms with E-state index in [0.717, 1.165) is 54.6 Å². The van der Waals surface area contributed by atoms with Gasteiger partial charge < -0.3 is 10.6 Å². The molecular formula is C19H27N5O. The van der Waals surface area contributed by atoms with E-state index in [0.29, 0.717) is 12.5 Å². The van der Waals surface area contributed by atoms with Crippen LogP contribution in [0.25, 0.3) is 11.0 Å². The van der Waals surface area contributed by atoms with Gasteiger partial charge in [0.05, 0.1) is 17.1 Å². The molecule has 2 aliphatic rings. The third kappa shape index (κ3) is 2.82. The van der Waals surface area contributed by atoms with Crippen molar-refractivity contribution in [2.75, 3.05) is 19.6 Å². The second kappa shape index (κ2) is 5.80. The Balaban J connectivity index is 1.77. The number of hydrogen-bond acceptors (Lipinski definition) is 4. The molecule has 1 aliphatic heterocycles. The van der Waals surface area contributed by atoms with Crippen molar-refractivity contribution in [3.8, 4) is 0 Å². The first kappa shape index (κ1) is 16.5. The van der Waals surface area contributed by atoms with E-state index in [9.17, 15) is 4.79 Å². The average molecular weight is 341 g/mol. The molecule has 0 aromatic carbocycles. The summed E-state index contributed by atoms with van der Waals surface area (Å²) in [5.41, 5.74) is 8.57. The monoisotopic (exact) mass is 341 g/mol. The molecule has 1 saturated heterocycles. The quantitative estimate of drug-likeness (QED) is 0.927. The van der Waals surface area contributed by atoms with Crippen molar-refractivity contribution >= 4 is 16.9 Å². The van der Waals surface area contributed by atoms with Gasteiger partial charge in [0.15, 0.2) is 5.65 Å². The molecule has 2 aromatic rings. The highest BCUT2D eigenvalue weighted by molar-refractivity contribution is 6.05. The third-order valence-corrected chi connectivity index (χ3v) is 5.64. The normalized spacial score (nSPS) is 23.8. The zero-order chi connectivity index (χ0) is 17.8. The lowest BCUT2D eigenvalue weighted by Gasteiger charge is -2.23. The lowest BCUT2D eigenvalue weighted by molar-refractivity contribution is 0.0778. The Hall–Kier alpha value is -1.95. The fraction of sp³-hybridized carbons (Fsp3) is 0.632. The van der Waals surface area contributed by atoms with Gasteiger partial charge in [-0.1, -0.05) is 6.92 Å². The maximum Gasteiger partial charge on any atom is 0.254 e. The summed E-state index contributed by atoms with van der Waals surface area (Å²) in [5, 5.41) is 5.36. The van der Waals surface area contributed by atoms with Gasteiger partial charge in [0.2, 0.25) is 0 Å². The number of aromatic nitrogens is 3. The summed E-state index contributed by atoms with van der Waals surface area (Å²) in [6, 6.07) is 2.22. The number of nitrogens with zero attached hydrogens (tertiary/aromatic N) is 4. The van der Waals surface area contributed by atoms with Crippen LogP contribution in [0.3, 0.4) is 0 Å². The molecule has 2 N–H and O–H groups in total. The van der Waals surface area contributed by atoms with Gasteiger partial charge in [-0.25, -0.2) is 9.67 Å². The molecule has 0 bridgehead atoms. The van der Waals surface area contributed by atoms with E-state index < -0.39 is 0 Å². The number of carbonyl (C=O) groups excluding carboxylic acids is 1. The van der Waals surface area contributed by atoms with Crippen molar-refractivity contribution in [2.45, 2.75) is 52.0 Å². The molecule has 2 fully saturated rings. The van der Waals surface area contributed by atoms with Gasteiger partial charge in [-0.05, 0) is 51.1 Å². The summed E-state index contributed by atoms with van der Waals surface area (Å²) in [6.45, 7) is 8.45. The molecule has 6 heteroatoms. The minimum absolute atomic E-state index is 0.0310. The van der Waals surface area contributed by atoms with Crippen LogP contribution in [0, 0.1) is 5.41 Å². The number of likely N-dealkylation sites (tertiary alicyclic amines) is 1. The van der Waals surface area contributed by atoms with E-state index in [-0.39, 0.29) is 17.4 Å². The number of pyridine rings is 1. The van der Waals surface area contributed by atoms with E-state index in [4.69, 9.17) is 10.7 Å². The van der Waals surface area contributed by atoms with Crippen molar-refractivity contribution in [3.05, 3.63) is 23.5 Å². The first-order valence-electron chi connectivity index (χ1n) is 9.29. The van der Waals surface area contributed by atoms with Crippen molar-refractivity contribution in [1.82, 2.24) is 19.7 Å². The molecule has 0 spiro atoms. The highest BCUT2D eigenvalue weighted by Gasteiger charge is 2.36. The van der Waals surface area contributed by atoms with Crippen LogP contribution in [0.15, 0.2) is 12.3 Å². The molecule has 134 valence electrons. The smallest absolute Gasteiger partial charge is 0.254 e. The van der Waals surface area contributed by atoms with Crippen molar-refractivity contribution in [2.24, 2.45) is 11.1 Å². The summed E-state index contributed by atoms with van der Waals surface area (Å²) < 4.78 is 1.92. The second-order valence-electron chi connectivity index (χ2n) is 8.28. The van der Waals surface area contributed by atoms with Gasteiger partial charge in [0.1, 0.15) is 0 Å². The Bertz CT molecular complexity index is 823. The van der Waals surface area contributed by atoms with Gasteiger partial charge in [-0.15, -0.1) is 0 Å². The molecule has 1 aliphatic carbocycles. The summed E-state index contributed by atoms with van der Waals surface area (Å²) in [4.78, 5) is 20.1. The van der Waals surface area contributed by atoms with Crippen LogP contribution >= 0.6 is 0 Å². The van der Waals surface area contributed by atoms with Gasteiger partial charge in [0, 0.05) is 30.7 Å². The SMILES string of the molecule is CC(C)n1ncc2c(C(=O)N3CCC(C)(CN)C3)cc(C3CC3)nc21. The van der Waals surface area contributed by atoms with Crippen LogP contribution in [0.4, 0.5) is 0 Å². The molecule has 1 unspecified atom stereocenters. The number of rotatable bonds is 4. The Morgan fingerprint density at radius 2 is 2.20 bits per heavy atom. The summed E-state index contributed by atoms with van der Waals surface area (Å²) in [7, 11) is 0. The van der Waals surface area contributed by atoms with Crippen LogP contribution in [-0.2, 0) is 0 Å². The molecule has 4 rings (SSSR count). The zero-order valence-corrected chi connectivity index (χ0v) is 15.3. The highest BCUT2D eigenvalue weighted by atomic mass is 16.2. The number of hydrogen-bond donors (Lipinski definition) is 1. The van der Waals surface area contributed by atoms with Crippen molar-refractivity contribution in [3.63, 3.8) is 0 Å². The predicted molar refractivity (Wildman–Crippen MR) is 97.6 cm³/mol. The fourth-order valence-electron chi connectivity index (χ4n) is 3.71. The summed E-state index contributed by atoms with van der Waals surface area (Å²) in [5.74, 6) is 0.592. The molecule has 1 amide bonds. The topological polar surface area (TPSA) is 77.0 Å². The van der Waals surface area contributed by atoms with E-state index in [1.807, 2.05) is 15.6 Å². The second-order valence-corrected chi connectivity index (χ2v) is 8.28. The molecule has 25 heavy (non-hydrogen) atoms. The number of fused-ring (bicyclic) bond motifs is 1. The maximum atomic E-state index is 13.3. The van der Waals surface area contributed by atoms with Gasteiger partial charge in [0.25, 0.3) is 5.91 Å². The minimum Gasteiger partial charge on any atom is -0.338 e. The standard InChI is InChI=1S/C19H27N5O/c1-12(2)24-17-15(9-21-24)14(8-16(22-17)13-4-5-13)18(25)23-7-6-19(3,10-20)11-23/h8-9,12-13H,4-7,10-11,20H2,1-3H3. The number of nitrogens with two attached hydrogens (primary N) is 1. The maximum absolute atomic E-state index is 13.3. The van der Waals surface area contributed by atoms with Crippen LogP contribution in [0.5, 0.6) is 0 Å². The van der Waals surface area contributed by atoms with Crippen molar-refractivity contribution < 1.29 is 4.79 Å². The largest absolute Gasteiger partial charge is 0.338 e. The molecule has 0 radical (unpaired) electrons. The molecule has 1 atom stereocenters. The molecule has 6 nitrogen and oxygen atoms in total. The van der Waals surface area contributed by atoms with E-state index in [1.54, 1.807) is 6.20 Å². The molecular weight excluding hydrogens is 314 g/mol. The molecule has 1 saturated carbocycles. The van der Waals surface area contributed by atoms with E-state index in [2.05, 4.69) is 25.9 Å². The van der Waals surface area contributed by atoms with Crippen LogP contribution < -0.4 is 5.73 Å². The fourth-order valence-corrected chi connectivity index (χ4v) is 3.71. The summed E-state index contributed by atoms with van der Waals surface area (Å²) >= 11 is 0. The predicted octanol–water partition coefficient (Wildman–Crippen LogP) is 2.70. The lowest BCUT2D eigenvalue weighted by atomic mass is 9.90. The third-order valence-electron chi connectivity index (χ3n) is 5.64. The zero-order valence-electron chi connectivity index (χ0n) is 15.3. The van der Waals surface area contributed by atoms with Crippen molar-refractivity contribution in [1.29, 1.82) is 0 Å². The average Bonchev–Trinajstić information content (AvgIpc) is 3.23. The van der Waals surface area contributed by atoms with E-state index >= 15 is 0 Å². The molecule has 2 aromatic heterocycles. The minimum atomic E-state index is 0.0310. The first-order valence-corrected chi connectivity index (χ1v) is 9.29.